The topological polar surface area (TPSA) is 116 Å². The Morgan fingerprint density at radius 1 is 1.30 bits per heavy atom. The van der Waals surface area contributed by atoms with Gasteiger partial charge in [-0.05, 0) is 65.8 Å². The molecule has 0 spiro atoms. The predicted octanol–water partition coefficient (Wildman–Crippen LogP) is 4.44. The molecule has 0 unspecified atom stereocenters. The van der Waals surface area contributed by atoms with Gasteiger partial charge in [-0.15, -0.1) is 5.10 Å². The molecule has 198 valence electrons. The Balaban J connectivity index is 1.52. The third-order valence-corrected chi connectivity index (χ3v) is 5.76. The van der Waals surface area contributed by atoms with Crippen LogP contribution in [0.2, 0.25) is 0 Å². The number of anilines is 1. The molecule has 0 saturated carbocycles. The van der Waals surface area contributed by atoms with Gasteiger partial charge in [-0.25, -0.2) is 23.5 Å². The molecule has 2 atom stereocenters. The van der Waals surface area contributed by atoms with Crippen LogP contribution in [0, 0.1) is 5.82 Å². The van der Waals surface area contributed by atoms with Gasteiger partial charge in [0.05, 0.1) is 25.4 Å². The third kappa shape index (κ3) is 5.92. The van der Waals surface area contributed by atoms with E-state index < -0.39 is 35.1 Å². The molecule has 1 aliphatic rings. The van der Waals surface area contributed by atoms with Crippen LogP contribution in [0.4, 0.5) is 15.0 Å². The molecule has 2 aromatic heterocycles. The lowest BCUT2D eigenvalue weighted by Crippen LogP contribution is -2.45. The van der Waals surface area contributed by atoms with Crippen molar-refractivity contribution in [3.63, 3.8) is 0 Å². The molecule has 1 aromatic carbocycles. The summed E-state index contributed by atoms with van der Waals surface area (Å²) in [7, 11) is 0. The van der Waals surface area contributed by atoms with Crippen LogP contribution in [0.25, 0.3) is 5.65 Å². The number of carbonyl (C=O) groups excluding carboxylic acids is 2. The number of carbonyl (C=O) groups is 2. The van der Waals surface area contributed by atoms with Crippen molar-refractivity contribution in [3.05, 3.63) is 53.1 Å². The number of nitrogens with one attached hydrogen (secondary N) is 2. The first-order valence-electron chi connectivity index (χ1n) is 12.1. The van der Waals surface area contributed by atoms with Gasteiger partial charge < -0.3 is 24.8 Å². The molecule has 0 fully saturated rings. The smallest absolute Gasteiger partial charge is 0.407 e. The standard InChI is InChI=1S/C26H32FN5O5/c1-7-35-23(33)19-13-28-21-9-8-20(31-32(19)21)30-15(2)18-11-17(27)10-16-12-26(6,36-22(16)18)14-29-24(34)37-25(3,4)5/h8-11,13,15H,7,12,14H2,1-6H3,(H,29,34)(H,30,31)/t15-,26-/m1/s1. The van der Waals surface area contributed by atoms with E-state index in [0.717, 1.165) is 0 Å². The summed E-state index contributed by atoms with van der Waals surface area (Å²) >= 11 is 0. The van der Waals surface area contributed by atoms with Crippen LogP contribution in [-0.4, -0.2) is 51.0 Å². The van der Waals surface area contributed by atoms with Gasteiger partial charge in [0.25, 0.3) is 0 Å². The number of hydrogen-bond donors (Lipinski definition) is 2. The summed E-state index contributed by atoms with van der Waals surface area (Å²) in [6, 6.07) is 5.92. The van der Waals surface area contributed by atoms with E-state index in [9.17, 15) is 14.0 Å². The molecule has 0 radical (unpaired) electrons. The van der Waals surface area contributed by atoms with Gasteiger partial charge in [0, 0.05) is 17.5 Å². The summed E-state index contributed by atoms with van der Waals surface area (Å²) in [5, 5.41) is 10.5. The average molecular weight is 514 g/mol. The van der Waals surface area contributed by atoms with Crippen molar-refractivity contribution in [1.29, 1.82) is 0 Å². The van der Waals surface area contributed by atoms with E-state index in [2.05, 4.69) is 20.7 Å². The molecule has 11 heteroatoms. The number of ether oxygens (including phenoxy) is 3. The van der Waals surface area contributed by atoms with Crippen LogP contribution in [0.15, 0.2) is 30.5 Å². The monoisotopic (exact) mass is 513 g/mol. The number of rotatable bonds is 7. The van der Waals surface area contributed by atoms with Crippen molar-refractivity contribution in [3.8, 4) is 5.75 Å². The third-order valence-electron chi connectivity index (χ3n) is 5.76. The number of hydrogen-bond acceptors (Lipinski definition) is 8. The Morgan fingerprint density at radius 3 is 2.76 bits per heavy atom. The highest BCUT2D eigenvalue weighted by Gasteiger charge is 2.38. The maximum absolute atomic E-state index is 14.6. The van der Waals surface area contributed by atoms with Crippen LogP contribution in [0.5, 0.6) is 5.75 Å². The van der Waals surface area contributed by atoms with E-state index in [4.69, 9.17) is 14.2 Å². The van der Waals surface area contributed by atoms with E-state index >= 15 is 0 Å². The highest BCUT2D eigenvalue weighted by atomic mass is 19.1. The minimum Gasteiger partial charge on any atom is -0.485 e. The fourth-order valence-corrected chi connectivity index (χ4v) is 4.20. The van der Waals surface area contributed by atoms with Gasteiger partial charge in [-0.3, -0.25) is 0 Å². The molecule has 0 aliphatic carbocycles. The highest BCUT2D eigenvalue weighted by molar-refractivity contribution is 5.88. The van der Waals surface area contributed by atoms with Gasteiger partial charge in [0.2, 0.25) is 0 Å². The second-order valence-corrected chi connectivity index (χ2v) is 10.3. The molecule has 2 N–H and O–H groups in total. The zero-order valence-electron chi connectivity index (χ0n) is 21.8. The van der Waals surface area contributed by atoms with Crippen LogP contribution in [-0.2, 0) is 15.9 Å². The fraction of sp³-hybridized carbons (Fsp3) is 0.462. The SMILES string of the molecule is CCOC(=O)c1cnc2ccc(N[C@H](C)c3cc(F)cc4c3O[C@@](C)(CNC(=O)OC(C)(C)C)C4)nn12. The van der Waals surface area contributed by atoms with Crippen LogP contribution in [0.1, 0.15) is 69.2 Å². The van der Waals surface area contributed by atoms with Crippen LogP contribution < -0.4 is 15.4 Å². The van der Waals surface area contributed by atoms with Crippen molar-refractivity contribution < 1.29 is 28.2 Å². The second-order valence-electron chi connectivity index (χ2n) is 10.3. The maximum atomic E-state index is 14.6. The Morgan fingerprint density at radius 2 is 2.05 bits per heavy atom. The predicted molar refractivity (Wildman–Crippen MR) is 134 cm³/mol. The Kier molecular flexibility index (Phi) is 6.98. The summed E-state index contributed by atoms with van der Waals surface area (Å²) in [6.45, 7) is 11.2. The van der Waals surface area contributed by atoms with E-state index in [1.807, 2.05) is 13.8 Å². The Hall–Kier alpha value is -3.89. The van der Waals surface area contributed by atoms with Gasteiger partial charge in [-0.2, -0.15) is 0 Å². The number of amides is 1. The average Bonchev–Trinajstić information content (AvgIpc) is 3.36. The number of aromatic nitrogens is 3. The van der Waals surface area contributed by atoms with Gasteiger partial charge in [-0.1, -0.05) is 0 Å². The molecular weight excluding hydrogens is 481 g/mol. The summed E-state index contributed by atoms with van der Waals surface area (Å²) in [4.78, 5) is 28.6. The molecule has 37 heavy (non-hydrogen) atoms. The zero-order chi connectivity index (χ0) is 27.0. The van der Waals surface area contributed by atoms with Crippen molar-refractivity contribution in [2.75, 3.05) is 18.5 Å². The fourth-order valence-electron chi connectivity index (χ4n) is 4.20. The van der Waals surface area contributed by atoms with Crippen LogP contribution >= 0.6 is 0 Å². The number of benzene rings is 1. The molecule has 1 aliphatic heterocycles. The van der Waals surface area contributed by atoms with E-state index in [1.54, 1.807) is 39.8 Å². The lowest BCUT2D eigenvalue weighted by Gasteiger charge is -2.27. The normalized spacial score (nSPS) is 17.6. The van der Waals surface area contributed by atoms with E-state index in [1.165, 1.54) is 22.8 Å². The number of alkyl carbamates (subject to hydrolysis) is 1. The summed E-state index contributed by atoms with van der Waals surface area (Å²) in [5.74, 6) is 0.0982. The van der Waals surface area contributed by atoms with Crippen molar-refractivity contribution in [1.82, 2.24) is 19.9 Å². The minimum atomic E-state index is -0.774. The van der Waals surface area contributed by atoms with Crippen molar-refractivity contribution in [2.45, 2.75) is 65.2 Å². The van der Waals surface area contributed by atoms with Gasteiger partial charge in [0.1, 0.15) is 28.6 Å². The molecular formula is C26H32FN5O5. The lowest BCUT2D eigenvalue weighted by molar-refractivity contribution is 0.0446. The lowest BCUT2D eigenvalue weighted by atomic mass is 9.97. The number of fused-ring (bicyclic) bond motifs is 2. The highest BCUT2D eigenvalue weighted by Crippen LogP contribution is 2.41. The molecule has 4 rings (SSSR count). The maximum Gasteiger partial charge on any atom is 0.407 e. The first kappa shape index (κ1) is 26.2. The minimum absolute atomic E-state index is 0.189. The Labute approximate surface area is 214 Å². The van der Waals surface area contributed by atoms with E-state index in [-0.39, 0.29) is 18.8 Å². The number of imidazole rings is 1. The quantitative estimate of drug-likeness (QED) is 0.446. The van der Waals surface area contributed by atoms with Crippen molar-refractivity contribution in [2.24, 2.45) is 0 Å². The number of esters is 1. The second kappa shape index (κ2) is 9.87. The van der Waals surface area contributed by atoms with Gasteiger partial charge in [0.15, 0.2) is 11.3 Å². The molecule has 0 bridgehead atoms. The molecule has 3 heterocycles. The molecule has 1 amide bonds. The summed E-state index contributed by atoms with van der Waals surface area (Å²) in [6.07, 6.45) is 1.28. The zero-order valence-corrected chi connectivity index (χ0v) is 21.8. The largest absolute Gasteiger partial charge is 0.485 e. The number of halogens is 1. The molecule has 0 saturated heterocycles. The first-order valence-corrected chi connectivity index (χ1v) is 12.1. The molecule has 3 aromatic rings. The summed E-state index contributed by atoms with van der Waals surface area (Å²) in [5.41, 5.74) is 0.617. The number of nitrogens with zero attached hydrogens (tertiary/aromatic N) is 3. The Bertz CT molecular complexity index is 1330. The van der Waals surface area contributed by atoms with Gasteiger partial charge >= 0.3 is 12.1 Å². The first-order chi connectivity index (χ1) is 17.4. The van der Waals surface area contributed by atoms with Crippen molar-refractivity contribution >= 4 is 23.5 Å². The molecule has 10 nitrogen and oxygen atoms in total. The van der Waals surface area contributed by atoms with Crippen LogP contribution in [0.3, 0.4) is 0 Å². The van der Waals surface area contributed by atoms with E-state index in [0.29, 0.717) is 34.8 Å². The summed E-state index contributed by atoms with van der Waals surface area (Å²) < 4.78 is 32.7.